The topological polar surface area (TPSA) is 26.3 Å². The van der Waals surface area contributed by atoms with Crippen LogP contribution in [0.25, 0.3) is 0 Å². The lowest BCUT2D eigenvalue weighted by atomic mass is 9.96. The zero-order valence-electron chi connectivity index (χ0n) is 10.2. The lowest BCUT2D eigenvalue weighted by molar-refractivity contribution is 0.0849. The lowest BCUT2D eigenvalue weighted by Crippen LogP contribution is -2.21. The van der Waals surface area contributed by atoms with Crippen molar-refractivity contribution >= 4 is 29.0 Å². The zero-order valence-corrected chi connectivity index (χ0v) is 11.7. The lowest BCUT2D eigenvalue weighted by Gasteiger charge is -2.26. The van der Waals surface area contributed by atoms with Crippen molar-refractivity contribution in [3.8, 4) is 5.75 Å². The number of ether oxygens (including phenoxy) is 1. The Morgan fingerprint density at radius 1 is 1.15 bits per heavy atom. The predicted molar refractivity (Wildman–Crippen MR) is 75.2 cm³/mol. The summed E-state index contributed by atoms with van der Waals surface area (Å²) in [5.74, 6) is -0.350. The van der Waals surface area contributed by atoms with Crippen molar-refractivity contribution < 1.29 is 13.9 Å². The fourth-order valence-corrected chi connectivity index (χ4v) is 2.92. The summed E-state index contributed by atoms with van der Waals surface area (Å²) in [5.41, 5.74) is 0.935. The third-order valence-electron chi connectivity index (χ3n) is 3.21. The average Bonchev–Trinajstić information content (AvgIpc) is 2.38. The van der Waals surface area contributed by atoms with Gasteiger partial charge in [-0.25, -0.2) is 4.39 Å². The highest BCUT2D eigenvalue weighted by Crippen LogP contribution is 2.40. The van der Waals surface area contributed by atoms with Crippen molar-refractivity contribution in [3.63, 3.8) is 0 Å². The van der Waals surface area contributed by atoms with Gasteiger partial charge in [-0.15, -0.1) is 0 Å². The quantitative estimate of drug-likeness (QED) is 0.753. The Hall–Kier alpha value is -1.58. The van der Waals surface area contributed by atoms with Crippen molar-refractivity contribution in [1.82, 2.24) is 0 Å². The number of benzene rings is 2. The van der Waals surface area contributed by atoms with E-state index >= 15 is 0 Å². The molecule has 2 nitrogen and oxygen atoms in total. The van der Waals surface area contributed by atoms with Gasteiger partial charge in [0.2, 0.25) is 0 Å². The minimum absolute atomic E-state index is 0.118. The van der Waals surface area contributed by atoms with E-state index in [2.05, 4.69) is 0 Å². The second kappa shape index (κ2) is 5.08. The molecule has 2 aromatic rings. The van der Waals surface area contributed by atoms with Crippen molar-refractivity contribution in [2.24, 2.45) is 0 Å². The van der Waals surface area contributed by atoms with Crippen LogP contribution in [0.2, 0.25) is 10.0 Å². The van der Waals surface area contributed by atoms with Crippen LogP contribution in [0.1, 0.15) is 28.4 Å². The van der Waals surface area contributed by atoms with E-state index in [0.29, 0.717) is 21.2 Å². The molecule has 1 aliphatic rings. The van der Waals surface area contributed by atoms with E-state index in [1.54, 1.807) is 18.2 Å². The SMILES string of the molecule is O=C1CC(c2c(Cl)cccc2Cl)Oc2cc(F)ccc21. The normalized spacial score (nSPS) is 17.6. The second-order valence-electron chi connectivity index (χ2n) is 4.51. The minimum atomic E-state index is -0.599. The second-order valence-corrected chi connectivity index (χ2v) is 5.32. The van der Waals surface area contributed by atoms with Gasteiger partial charge < -0.3 is 4.74 Å². The smallest absolute Gasteiger partial charge is 0.170 e. The van der Waals surface area contributed by atoms with E-state index in [4.69, 9.17) is 27.9 Å². The van der Waals surface area contributed by atoms with Crippen LogP contribution in [-0.4, -0.2) is 5.78 Å². The maximum absolute atomic E-state index is 13.3. The first-order chi connectivity index (χ1) is 9.56. The van der Waals surface area contributed by atoms with Gasteiger partial charge in [-0.3, -0.25) is 4.79 Å². The van der Waals surface area contributed by atoms with Gasteiger partial charge in [0.1, 0.15) is 17.7 Å². The van der Waals surface area contributed by atoms with Gasteiger partial charge in [-0.2, -0.15) is 0 Å². The molecule has 0 radical (unpaired) electrons. The fraction of sp³-hybridized carbons (Fsp3) is 0.133. The van der Waals surface area contributed by atoms with E-state index < -0.39 is 11.9 Å². The highest BCUT2D eigenvalue weighted by molar-refractivity contribution is 6.36. The van der Waals surface area contributed by atoms with E-state index in [9.17, 15) is 9.18 Å². The van der Waals surface area contributed by atoms with Crippen LogP contribution in [0.3, 0.4) is 0 Å². The first-order valence-electron chi connectivity index (χ1n) is 5.99. The molecule has 102 valence electrons. The summed E-state index contributed by atoms with van der Waals surface area (Å²) in [7, 11) is 0. The third kappa shape index (κ3) is 2.28. The minimum Gasteiger partial charge on any atom is -0.484 e. The number of carbonyl (C=O) groups is 1. The Balaban J connectivity index is 2.05. The number of Topliss-reactive ketones (excluding diaryl/α,β-unsaturated/α-hetero) is 1. The molecule has 1 heterocycles. The van der Waals surface area contributed by atoms with Gasteiger partial charge in [0, 0.05) is 21.7 Å². The molecule has 0 spiro atoms. The van der Waals surface area contributed by atoms with Crippen LogP contribution >= 0.6 is 23.2 Å². The van der Waals surface area contributed by atoms with Crippen LogP contribution in [0, 0.1) is 5.82 Å². The maximum atomic E-state index is 13.3. The Bertz CT molecular complexity index is 680. The molecule has 0 bridgehead atoms. The van der Waals surface area contributed by atoms with Crippen molar-refractivity contribution in [2.45, 2.75) is 12.5 Å². The molecule has 1 aliphatic heterocycles. The van der Waals surface area contributed by atoms with E-state index in [0.717, 1.165) is 0 Å². The van der Waals surface area contributed by atoms with Crippen LogP contribution < -0.4 is 4.74 Å². The molecule has 0 amide bonds. The van der Waals surface area contributed by atoms with Crippen LogP contribution in [0.15, 0.2) is 36.4 Å². The monoisotopic (exact) mass is 310 g/mol. The molecule has 3 rings (SSSR count). The van der Waals surface area contributed by atoms with Gasteiger partial charge in [-0.1, -0.05) is 29.3 Å². The molecule has 0 saturated carbocycles. The number of carbonyl (C=O) groups excluding carboxylic acids is 1. The Labute approximate surface area is 125 Å². The number of hydrogen-bond donors (Lipinski definition) is 0. The molecular formula is C15H9Cl2FO2. The van der Waals surface area contributed by atoms with Crippen LogP contribution in [-0.2, 0) is 0 Å². The fourth-order valence-electron chi connectivity index (χ4n) is 2.28. The molecule has 1 unspecified atom stereocenters. The summed E-state index contributed by atoms with van der Waals surface area (Å²) in [6, 6.07) is 8.94. The predicted octanol–water partition coefficient (Wildman–Crippen LogP) is 4.84. The van der Waals surface area contributed by atoms with E-state index in [-0.39, 0.29) is 18.0 Å². The van der Waals surface area contributed by atoms with E-state index in [1.165, 1.54) is 18.2 Å². The molecule has 1 atom stereocenters. The van der Waals surface area contributed by atoms with Gasteiger partial charge in [0.25, 0.3) is 0 Å². The van der Waals surface area contributed by atoms with Gasteiger partial charge in [-0.05, 0) is 24.3 Å². The van der Waals surface area contributed by atoms with Crippen molar-refractivity contribution in [1.29, 1.82) is 0 Å². The number of rotatable bonds is 1. The van der Waals surface area contributed by atoms with E-state index in [1.807, 2.05) is 0 Å². The zero-order chi connectivity index (χ0) is 14.3. The number of halogens is 3. The summed E-state index contributed by atoms with van der Waals surface area (Å²) < 4.78 is 19.0. The number of ketones is 1. The summed E-state index contributed by atoms with van der Waals surface area (Å²) in [6.07, 6.45) is -0.472. The summed E-state index contributed by atoms with van der Waals surface area (Å²) >= 11 is 12.2. The first-order valence-corrected chi connectivity index (χ1v) is 6.75. The maximum Gasteiger partial charge on any atom is 0.170 e. The van der Waals surface area contributed by atoms with Crippen molar-refractivity contribution in [2.75, 3.05) is 0 Å². The molecule has 5 heteroatoms. The molecule has 0 N–H and O–H groups in total. The molecular weight excluding hydrogens is 302 g/mol. The summed E-state index contributed by atoms with van der Waals surface area (Å²) in [4.78, 5) is 12.1. The summed E-state index contributed by atoms with van der Waals surface area (Å²) in [6.45, 7) is 0. The standard InChI is InChI=1S/C15H9Cl2FO2/c16-10-2-1-3-11(17)15(10)14-7-12(19)9-5-4-8(18)6-13(9)20-14/h1-6,14H,7H2. The Morgan fingerprint density at radius 3 is 2.55 bits per heavy atom. The highest BCUT2D eigenvalue weighted by atomic mass is 35.5. The molecule has 20 heavy (non-hydrogen) atoms. The average molecular weight is 311 g/mol. The van der Waals surface area contributed by atoms with Gasteiger partial charge in [0.15, 0.2) is 5.78 Å². The van der Waals surface area contributed by atoms with Gasteiger partial charge >= 0.3 is 0 Å². The Kier molecular flexibility index (Phi) is 3.40. The van der Waals surface area contributed by atoms with Crippen molar-refractivity contribution in [3.05, 3.63) is 63.4 Å². The summed E-state index contributed by atoms with van der Waals surface area (Å²) in [5, 5.41) is 0.852. The van der Waals surface area contributed by atoms with Crippen LogP contribution in [0.5, 0.6) is 5.75 Å². The first kappa shape index (κ1) is 13.4. The third-order valence-corrected chi connectivity index (χ3v) is 3.86. The highest BCUT2D eigenvalue weighted by Gasteiger charge is 2.30. The largest absolute Gasteiger partial charge is 0.484 e. The number of fused-ring (bicyclic) bond motifs is 1. The van der Waals surface area contributed by atoms with Gasteiger partial charge in [0.05, 0.1) is 12.0 Å². The molecule has 2 aromatic carbocycles. The van der Waals surface area contributed by atoms with Crippen LogP contribution in [0.4, 0.5) is 4.39 Å². The molecule has 0 aromatic heterocycles. The Morgan fingerprint density at radius 2 is 1.85 bits per heavy atom. The number of hydrogen-bond acceptors (Lipinski definition) is 2. The molecule has 0 aliphatic carbocycles. The molecule has 0 fully saturated rings. The molecule has 0 saturated heterocycles.